The molecule has 3 rings (SSSR count). The molecule has 0 saturated heterocycles. The lowest BCUT2D eigenvalue weighted by atomic mass is 9.67. The molecule has 0 N–H and O–H groups in total. The average Bonchev–Trinajstić information content (AvgIpc) is 2.35. The summed E-state index contributed by atoms with van der Waals surface area (Å²) in [5.74, 6) is 0.270. The molecule has 2 atom stereocenters. The molecule has 90 valence electrons. The molecule has 1 spiro atoms. The maximum atomic E-state index is 13.7. The van der Waals surface area contributed by atoms with E-state index in [0.29, 0.717) is 25.0 Å². The molecule has 1 fully saturated rings. The van der Waals surface area contributed by atoms with E-state index in [-0.39, 0.29) is 11.2 Å². The molecule has 3 heteroatoms. The van der Waals surface area contributed by atoms with Gasteiger partial charge in [0.2, 0.25) is 6.36 Å². The van der Waals surface area contributed by atoms with Crippen molar-refractivity contribution in [2.75, 3.05) is 6.61 Å². The van der Waals surface area contributed by atoms with E-state index in [1.54, 1.807) is 6.07 Å². The van der Waals surface area contributed by atoms with Gasteiger partial charge in [0, 0.05) is 23.8 Å². The highest BCUT2D eigenvalue weighted by Crippen LogP contribution is 2.45. The summed E-state index contributed by atoms with van der Waals surface area (Å²) in [6.45, 7) is 0.330. The molecular formula is C14H15FO2. The van der Waals surface area contributed by atoms with Gasteiger partial charge in [-0.05, 0) is 18.4 Å². The molecule has 2 unspecified atom stereocenters. The molecule has 1 aliphatic heterocycles. The predicted molar refractivity (Wildman–Crippen MR) is 61.4 cm³/mol. The zero-order valence-electron chi connectivity index (χ0n) is 9.62. The van der Waals surface area contributed by atoms with Crippen LogP contribution in [0.3, 0.4) is 0 Å². The third-order valence-electron chi connectivity index (χ3n) is 3.93. The van der Waals surface area contributed by atoms with Crippen LogP contribution in [0, 0.1) is 0 Å². The van der Waals surface area contributed by atoms with Crippen LogP contribution < -0.4 is 0 Å². The number of carbonyl (C=O) groups is 1. The molecule has 1 saturated carbocycles. The van der Waals surface area contributed by atoms with Crippen molar-refractivity contribution in [3.05, 3.63) is 35.4 Å². The third kappa shape index (κ3) is 1.69. The minimum Gasteiger partial charge on any atom is -0.344 e. The molecule has 0 amide bonds. The Labute approximate surface area is 99.8 Å². The monoisotopic (exact) mass is 234 g/mol. The van der Waals surface area contributed by atoms with E-state index in [2.05, 4.69) is 0 Å². The predicted octanol–water partition coefficient (Wildman–Crippen LogP) is 3.07. The van der Waals surface area contributed by atoms with E-state index in [9.17, 15) is 9.18 Å². The summed E-state index contributed by atoms with van der Waals surface area (Å²) in [6, 6.07) is 7.44. The molecule has 0 bridgehead atoms. The quantitative estimate of drug-likeness (QED) is 0.689. The van der Waals surface area contributed by atoms with Gasteiger partial charge in [0.25, 0.3) is 0 Å². The molecule has 1 heterocycles. The maximum Gasteiger partial charge on any atom is 0.225 e. The minimum absolute atomic E-state index is 0.269. The number of benzene rings is 1. The van der Waals surface area contributed by atoms with Crippen molar-refractivity contribution < 1.29 is 13.9 Å². The first-order valence-corrected chi connectivity index (χ1v) is 6.08. The molecule has 2 nitrogen and oxygen atoms in total. The van der Waals surface area contributed by atoms with Crippen LogP contribution in [-0.2, 0) is 14.9 Å². The largest absolute Gasteiger partial charge is 0.344 e. The fourth-order valence-corrected chi connectivity index (χ4v) is 3.11. The van der Waals surface area contributed by atoms with Gasteiger partial charge in [0.05, 0.1) is 6.61 Å². The topological polar surface area (TPSA) is 26.3 Å². The fraction of sp³-hybridized carbons (Fsp3) is 0.500. The molecule has 0 radical (unpaired) electrons. The Morgan fingerprint density at radius 3 is 3.00 bits per heavy atom. The van der Waals surface area contributed by atoms with Crippen LogP contribution in [-0.4, -0.2) is 12.4 Å². The molecule has 0 aromatic heterocycles. The number of ether oxygens (including phenoxy) is 1. The highest BCUT2D eigenvalue weighted by Gasteiger charge is 2.43. The first-order valence-electron chi connectivity index (χ1n) is 6.08. The highest BCUT2D eigenvalue weighted by molar-refractivity contribution is 5.81. The second kappa shape index (κ2) is 3.91. The Bertz CT molecular complexity index is 457. The van der Waals surface area contributed by atoms with Gasteiger partial charge < -0.3 is 4.74 Å². The molecule has 1 aromatic rings. The highest BCUT2D eigenvalue weighted by atomic mass is 19.1. The number of rotatable bonds is 0. The van der Waals surface area contributed by atoms with Crippen molar-refractivity contribution >= 4 is 5.78 Å². The summed E-state index contributed by atoms with van der Waals surface area (Å²) >= 11 is 0. The van der Waals surface area contributed by atoms with Crippen molar-refractivity contribution in [2.45, 2.75) is 37.5 Å². The molecule has 1 aliphatic carbocycles. The van der Waals surface area contributed by atoms with Crippen LogP contribution in [0.25, 0.3) is 0 Å². The van der Waals surface area contributed by atoms with Crippen molar-refractivity contribution in [3.63, 3.8) is 0 Å². The zero-order chi connectivity index (χ0) is 11.9. The summed E-state index contributed by atoms with van der Waals surface area (Å²) in [5, 5.41) is 0. The van der Waals surface area contributed by atoms with Gasteiger partial charge in [-0.1, -0.05) is 24.3 Å². The number of halogens is 1. The smallest absolute Gasteiger partial charge is 0.225 e. The second-order valence-electron chi connectivity index (χ2n) is 5.06. The van der Waals surface area contributed by atoms with Crippen LogP contribution >= 0.6 is 0 Å². The van der Waals surface area contributed by atoms with Crippen molar-refractivity contribution in [2.24, 2.45) is 0 Å². The van der Waals surface area contributed by atoms with Gasteiger partial charge >= 0.3 is 0 Å². The van der Waals surface area contributed by atoms with E-state index in [1.165, 1.54) is 0 Å². The van der Waals surface area contributed by atoms with Crippen molar-refractivity contribution in [1.82, 2.24) is 0 Å². The lowest BCUT2D eigenvalue weighted by molar-refractivity contribution is -0.127. The maximum absolute atomic E-state index is 13.7. The van der Waals surface area contributed by atoms with Gasteiger partial charge in [-0.15, -0.1) is 0 Å². The van der Waals surface area contributed by atoms with Gasteiger partial charge in [0.1, 0.15) is 5.78 Å². The van der Waals surface area contributed by atoms with Crippen molar-refractivity contribution in [3.8, 4) is 0 Å². The summed E-state index contributed by atoms with van der Waals surface area (Å²) < 4.78 is 18.9. The normalized spacial score (nSPS) is 32.5. The SMILES string of the molecule is O=C1CCCC2(COC(F)c3ccccc32)C1. The Balaban J connectivity index is 2.08. The number of carbonyl (C=O) groups excluding carboxylic acids is 1. The number of Topliss-reactive ketones (excluding diaryl/α,β-unsaturated/α-hetero) is 1. The van der Waals surface area contributed by atoms with Crippen LogP contribution in [0.4, 0.5) is 4.39 Å². The van der Waals surface area contributed by atoms with Gasteiger partial charge in [-0.25, -0.2) is 4.39 Å². The standard InChI is InChI=1S/C14H15FO2/c15-13-11-5-1-2-6-12(11)14(9-17-13)7-3-4-10(16)8-14/h1-2,5-6,13H,3-4,7-9H2. The number of ketones is 1. The minimum atomic E-state index is -1.34. The lowest BCUT2D eigenvalue weighted by Gasteiger charge is -2.42. The number of hydrogen-bond donors (Lipinski definition) is 0. The number of hydrogen-bond acceptors (Lipinski definition) is 2. The molecule has 17 heavy (non-hydrogen) atoms. The van der Waals surface area contributed by atoms with E-state index < -0.39 is 6.36 Å². The van der Waals surface area contributed by atoms with Crippen molar-refractivity contribution in [1.29, 1.82) is 0 Å². The second-order valence-corrected chi connectivity index (χ2v) is 5.06. The molecule has 2 aliphatic rings. The Hall–Kier alpha value is -1.22. The van der Waals surface area contributed by atoms with Crippen LogP contribution in [0.15, 0.2) is 24.3 Å². The Kier molecular flexibility index (Phi) is 2.51. The van der Waals surface area contributed by atoms with Gasteiger partial charge in [-0.2, -0.15) is 0 Å². The Morgan fingerprint density at radius 2 is 2.18 bits per heavy atom. The first-order chi connectivity index (χ1) is 8.21. The first kappa shape index (κ1) is 10.9. The van der Waals surface area contributed by atoms with Crippen LogP contribution in [0.2, 0.25) is 0 Å². The number of fused-ring (bicyclic) bond motifs is 2. The molecule has 1 aromatic carbocycles. The average molecular weight is 234 g/mol. The zero-order valence-corrected chi connectivity index (χ0v) is 9.62. The van der Waals surface area contributed by atoms with Gasteiger partial charge in [0.15, 0.2) is 0 Å². The summed E-state index contributed by atoms with van der Waals surface area (Å²) in [5.41, 5.74) is 1.31. The van der Waals surface area contributed by atoms with E-state index in [0.717, 1.165) is 18.4 Å². The molecular weight excluding hydrogens is 219 g/mol. The summed E-state index contributed by atoms with van der Waals surface area (Å²) in [6.07, 6.45) is 1.62. The van der Waals surface area contributed by atoms with E-state index >= 15 is 0 Å². The van der Waals surface area contributed by atoms with Crippen LogP contribution in [0.1, 0.15) is 43.2 Å². The third-order valence-corrected chi connectivity index (χ3v) is 3.93. The van der Waals surface area contributed by atoms with Gasteiger partial charge in [-0.3, -0.25) is 4.79 Å². The summed E-state index contributed by atoms with van der Waals surface area (Å²) in [4.78, 5) is 11.7. The van der Waals surface area contributed by atoms with Crippen LogP contribution in [0.5, 0.6) is 0 Å². The van der Waals surface area contributed by atoms with E-state index in [4.69, 9.17) is 4.74 Å². The summed E-state index contributed by atoms with van der Waals surface area (Å²) in [7, 11) is 0. The Morgan fingerprint density at radius 1 is 1.35 bits per heavy atom. The fourth-order valence-electron chi connectivity index (χ4n) is 3.11. The number of alkyl halides is 1. The lowest BCUT2D eigenvalue weighted by Crippen LogP contribution is -2.41. The van der Waals surface area contributed by atoms with E-state index in [1.807, 2.05) is 18.2 Å².